The van der Waals surface area contributed by atoms with Crippen molar-refractivity contribution in [3.05, 3.63) is 170 Å². The summed E-state index contributed by atoms with van der Waals surface area (Å²) < 4.78 is 7.27. The van der Waals surface area contributed by atoms with Crippen molar-refractivity contribution in [1.29, 1.82) is 0 Å². The van der Waals surface area contributed by atoms with E-state index in [0.717, 1.165) is 44.4 Å². The molecule has 0 aliphatic heterocycles. The van der Waals surface area contributed by atoms with Crippen LogP contribution in [0.25, 0.3) is 108 Å². The monoisotopic (exact) mass is 692 g/mol. The zero-order valence-corrected chi connectivity index (χ0v) is 29.2. The van der Waals surface area contributed by atoms with Gasteiger partial charge in [-0.1, -0.05) is 133 Å². The fourth-order valence-electron chi connectivity index (χ4n) is 8.68. The Balaban J connectivity index is 1.23. The first-order valence-corrected chi connectivity index (χ1v) is 18.7. The maximum atomic E-state index is 5.58. The van der Waals surface area contributed by atoms with E-state index in [-0.39, 0.29) is 0 Å². The molecule has 12 aromatic rings. The highest BCUT2D eigenvalue weighted by atomic mass is 32.1. The largest absolute Gasteiger partial charge is 0.309 e. The van der Waals surface area contributed by atoms with Crippen LogP contribution in [0.5, 0.6) is 0 Å². The molecule has 8 aromatic carbocycles. The van der Waals surface area contributed by atoms with Gasteiger partial charge in [0, 0.05) is 58.1 Å². The van der Waals surface area contributed by atoms with E-state index in [1.165, 1.54) is 58.0 Å². The van der Waals surface area contributed by atoms with Crippen LogP contribution < -0.4 is 0 Å². The lowest BCUT2D eigenvalue weighted by atomic mass is 10.0. The van der Waals surface area contributed by atoms with Crippen LogP contribution in [0.4, 0.5) is 0 Å². The maximum Gasteiger partial charge on any atom is 0.235 e. The highest BCUT2D eigenvalue weighted by Gasteiger charge is 2.24. The lowest BCUT2D eigenvalue weighted by Gasteiger charge is -2.13. The minimum Gasteiger partial charge on any atom is -0.309 e. The second kappa shape index (κ2) is 10.8. The van der Waals surface area contributed by atoms with Crippen LogP contribution in [0, 0.1) is 0 Å². The molecule has 4 nitrogen and oxygen atoms in total. The highest BCUT2D eigenvalue weighted by Crippen LogP contribution is 2.44. The third-order valence-electron chi connectivity index (χ3n) is 10.9. The molecule has 0 spiro atoms. The van der Waals surface area contributed by atoms with Gasteiger partial charge in [0.15, 0.2) is 0 Å². The number of aromatic nitrogens is 4. The maximum absolute atomic E-state index is 5.58. The lowest BCUT2D eigenvalue weighted by molar-refractivity contribution is 1.02. The van der Waals surface area contributed by atoms with Gasteiger partial charge in [0.1, 0.15) is 0 Å². The molecule has 0 atom stereocenters. The first-order valence-electron chi connectivity index (χ1n) is 17.9. The van der Waals surface area contributed by atoms with E-state index < -0.39 is 0 Å². The van der Waals surface area contributed by atoms with E-state index >= 15 is 0 Å². The third kappa shape index (κ3) is 4.00. The van der Waals surface area contributed by atoms with Crippen LogP contribution in [-0.4, -0.2) is 19.1 Å². The van der Waals surface area contributed by atoms with Crippen LogP contribution in [0.15, 0.2) is 170 Å². The van der Waals surface area contributed by atoms with Crippen molar-refractivity contribution in [1.82, 2.24) is 19.1 Å². The molecular formula is C48H28N4S. The Bertz CT molecular complexity index is 3470. The molecule has 0 saturated carbocycles. The Kier molecular flexibility index (Phi) is 5.90. The van der Waals surface area contributed by atoms with Gasteiger partial charge in [-0.25, -0.2) is 9.97 Å². The molecular weight excluding hydrogens is 665 g/mol. The Hall–Kier alpha value is -6.82. The van der Waals surface area contributed by atoms with Gasteiger partial charge < -0.3 is 4.57 Å². The average molecular weight is 693 g/mol. The summed E-state index contributed by atoms with van der Waals surface area (Å²) >= 11 is 1.83. The molecule has 0 amide bonds. The summed E-state index contributed by atoms with van der Waals surface area (Å²) in [4.78, 5) is 10.9. The predicted octanol–water partition coefficient (Wildman–Crippen LogP) is 13.0. The number of thiophene rings is 1. The summed E-state index contributed by atoms with van der Waals surface area (Å²) in [7, 11) is 0. The topological polar surface area (TPSA) is 35.6 Å². The first-order chi connectivity index (χ1) is 26.3. The first kappa shape index (κ1) is 28.8. The lowest BCUT2D eigenvalue weighted by Crippen LogP contribution is -2.03. The predicted molar refractivity (Wildman–Crippen MR) is 224 cm³/mol. The zero-order valence-electron chi connectivity index (χ0n) is 28.4. The second-order valence-corrected chi connectivity index (χ2v) is 14.8. The van der Waals surface area contributed by atoms with Gasteiger partial charge in [-0.2, -0.15) is 0 Å². The number of rotatable bonds is 3. The number of benzene rings is 8. The fraction of sp³-hybridized carbons (Fsp3) is 0. The van der Waals surface area contributed by atoms with Gasteiger partial charge in [-0.05, 0) is 41.8 Å². The van der Waals surface area contributed by atoms with Crippen LogP contribution in [-0.2, 0) is 0 Å². The number of para-hydroxylation sites is 3. The molecule has 0 unspecified atom stereocenters. The standard InChI is InChI=1S/C48H28N4S/c1-2-15-30-29(13-1)14-11-25-39(30)51-41-24-9-5-19-36(41)44-42(51)28-27-33-31-16-4-8-23-40(31)52(46(33)44)48-49-38-22-7-3-18-35(38)45(50-48)37-21-12-20-34-32-17-6-10-26-43(32)53-47(34)37/h1-28H. The molecule has 0 aliphatic carbocycles. The smallest absolute Gasteiger partial charge is 0.235 e. The molecule has 12 rings (SSSR count). The average Bonchev–Trinajstić information content (AvgIpc) is 3.88. The normalized spacial score (nSPS) is 12.2. The van der Waals surface area contributed by atoms with Crippen LogP contribution >= 0.6 is 11.3 Å². The van der Waals surface area contributed by atoms with E-state index in [2.05, 4.69) is 179 Å². The van der Waals surface area contributed by atoms with E-state index in [0.29, 0.717) is 5.95 Å². The van der Waals surface area contributed by atoms with Crippen LogP contribution in [0.3, 0.4) is 0 Å². The summed E-state index contributed by atoms with van der Waals surface area (Å²) in [5, 5.41) is 10.8. The molecule has 0 fully saturated rings. The van der Waals surface area contributed by atoms with E-state index in [1.807, 2.05) is 11.3 Å². The molecule has 53 heavy (non-hydrogen) atoms. The van der Waals surface area contributed by atoms with Crippen molar-refractivity contribution in [2.45, 2.75) is 0 Å². The second-order valence-electron chi connectivity index (χ2n) is 13.7. The van der Waals surface area contributed by atoms with E-state index in [1.54, 1.807) is 0 Å². The Morgan fingerprint density at radius 3 is 1.96 bits per heavy atom. The molecule has 0 radical (unpaired) electrons. The van der Waals surface area contributed by atoms with Gasteiger partial charge in [-0.3, -0.25) is 4.57 Å². The number of hydrogen-bond acceptors (Lipinski definition) is 3. The quantitative estimate of drug-likeness (QED) is 0.185. The Morgan fingerprint density at radius 1 is 0.415 bits per heavy atom. The number of fused-ring (bicyclic) bond motifs is 12. The molecule has 0 bridgehead atoms. The fourth-order valence-corrected chi connectivity index (χ4v) is 9.90. The summed E-state index contributed by atoms with van der Waals surface area (Å²) in [6, 6.07) is 61.0. The molecule has 4 aromatic heterocycles. The summed E-state index contributed by atoms with van der Waals surface area (Å²) in [5.74, 6) is 0.664. The van der Waals surface area contributed by atoms with Gasteiger partial charge in [-0.15, -0.1) is 11.3 Å². The van der Waals surface area contributed by atoms with Crippen LogP contribution in [0.1, 0.15) is 0 Å². The van der Waals surface area contributed by atoms with Crippen molar-refractivity contribution in [3.8, 4) is 22.9 Å². The molecule has 4 heterocycles. The van der Waals surface area contributed by atoms with Crippen molar-refractivity contribution in [2.24, 2.45) is 0 Å². The van der Waals surface area contributed by atoms with E-state index in [9.17, 15) is 0 Å². The molecule has 246 valence electrons. The summed E-state index contributed by atoms with van der Waals surface area (Å²) in [5.41, 5.74) is 8.66. The van der Waals surface area contributed by atoms with Gasteiger partial charge in [0.25, 0.3) is 0 Å². The minimum atomic E-state index is 0.664. The minimum absolute atomic E-state index is 0.664. The number of nitrogens with zero attached hydrogens (tertiary/aromatic N) is 4. The SMILES string of the molecule is c1ccc2c(-n3c4ccccc4c4c3ccc3c5ccccc5n(-c5nc(-c6cccc7c6sc6ccccc67)c6ccccc6n5)c34)cccc2c1. The van der Waals surface area contributed by atoms with E-state index in [4.69, 9.17) is 9.97 Å². The summed E-state index contributed by atoms with van der Waals surface area (Å²) in [6.07, 6.45) is 0. The van der Waals surface area contributed by atoms with Crippen molar-refractivity contribution >= 4 is 96.8 Å². The van der Waals surface area contributed by atoms with Crippen molar-refractivity contribution in [3.63, 3.8) is 0 Å². The van der Waals surface area contributed by atoms with Gasteiger partial charge in [0.2, 0.25) is 5.95 Å². The van der Waals surface area contributed by atoms with Gasteiger partial charge >= 0.3 is 0 Å². The Morgan fingerprint density at radius 2 is 1.08 bits per heavy atom. The molecule has 0 N–H and O–H groups in total. The highest BCUT2D eigenvalue weighted by molar-refractivity contribution is 7.26. The van der Waals surface area contributed by atoms with Crippen molar-refractivity contribution in [2.75, 3.05) is 0 Å². The molecule has 5 heteroatoms. The molecule has 0 aliphatic rings. The van der Waals surface area contributed by atoms with Crippen LogP contribution in [0.2, 0.25) is 0 Å². The zero-order chi connectivity index (χ0) is 34.6. The Labute approximate surface area is 307 Å². The summed E-state index contributed by atoms with van der Waals surface area (Å²) in [6.45, 7) is 0. The van der Waals surface area contributed by atoms with Crippen molar-refractivity contribution < 1.29 is 0 Å². The number of hydrogen-bond donors (Lipinski definition) is 0. The van der Waals surface area contributed by atoms with Gasteiger partial charge in [0.05, 0.1) is 39.0 Å². The molecule has 0 saturated heterocycles. The third-order valence-corrected chi connectivity index (χ3v) is 12.1.